The Hall–Kier alpha value is -0.790. The average Bonchev–Trinajstić information content (AvgIpc) is 2.29. The molecule has 0 aliphatic heterocycles. The van der Waals surface area contributed by atoms with Gasteiger partial charge in [-0.15, -0.1) is 11.6 Å². The molecule has 0 fully saturated rings. The van der Waals surface area contributed by atoms with Crippen molar-refractivity contribution < 1.29 is 0 Å². The SMILES string of the molecule is C=C(CCl)CN(CC)Cc1ccccc1. The largest absolute Gasteiger partial charge is 0.295 e. The number of rotatable bonds is 6. The highest BCUT2D eigenvalue weighted by molar-refractivity contribution is 6.19. The van der Waals surface area contributed by atoms with Crippen LogP contribution in [0.5, 0.6) is 0 Å². The summed E-state index contributed by atoms with van der Waals surface area (Å²) in [5.74, 6) is 0.547. The van der Waals surface area contributed by atoms with Crippen LogP contribution in [0.25, 0.3) is 0 Å². The van der Waals surface area contributed by atoms with Crippen molar-refractivity contribution >= 4 is 11.6 Å². The maximum atomic E-state index is 5.73. The first-order valence-corrected chi connectivity index (χ1v) is 5.78. The van der Waals surface area contributed by atoms with Crippen LogP contribution in [-0.4, -0.2) is 23.9 Å². The lowest BCUT2D eigenvalue weighted by atomic mass is 10.2. The van der Waals surface area contributed by atoms with Crippen LogP contribution in [0.1, 0.15) is 12.5 Å². The molecule has 0 N–H and O–H groups in total. The molecule has 0 atom stereocenters. The molecular weight excluding hydrogens is 206 g/mol. The lowest BCUT2D eigenvalue weighted by Crippen LogP contribution is -2.25. The van der Waals surface area contributed by atoms with Crippen molar-refractivity contribution in [3.63, 3.8) is 0 Å². The third-order valence-electron chi connectivity index (χ3n) is 2.33. The first kappa shape index (κ1) is 12.3. The number of halogens is 1. The van der Waals surface area contributed by atoms with Crippen LogP contribution in [0.3, 0.4) is 0 Å². The van der Waals surface area contributed by atoms with Gasteiger partial charge in [-0.1, -0.05) is 43.8 Å². The first-order valence-electron chi connectivity index (χ1n) is 5.25. The molecule has 1 aromatic rings. The molecule has 15 heavy (non-hydrogen) atoms. The van der Waals surface area contributed by atoms with Gasteiger partial charge in [0.05, 0.1) is 0 Å². The Bertz CT molecular complexity index is 295. The van der Waals surface area contributed by atoms with Crippen LogP contribution in [0.15, 0.2) is 42.5 Å². The van der Waals surface area contributed by atoms with E-state index in [-0.39, 0.29) is 0 Å². The summed E-state index contributed by atoms with van der Waals surface area (Å²) >= 11 is 5.73. The zero-order valence-corrected chi connectivity index (χ0v) is 10.0. The number of benzene rings is 1. The summed E-state index contributed by atoms with van der Waals surface area (Å²) in [6, 6.07) is 10.5. The maximum Gasteiger partial charge on any atom is 0.0443 e. The van der Waals surface area contributed by atoms with Gasteiger partial charge in [0.2, 0.25) is 0 Å². The first-order chi connectivity index (χ1) is 7.26. The second-order valence-corrected chi connectivity index (χ2v) is 3.94. The molecule has 0 unspecified atom stereocenters. The molecule has 0 spiro atoms. The lowest BCUT2D eigenvalue weighted by Gasteiger charge is -2.20. The molecule has 0 saturated heterocycles. The normalized spacial score (nSPS) is 10.6. The number of hydrogen-bond acceptors (Lipinski definition) is 1. The van der Waals surface area contributed by atoms with Crippen LogP contribution < -0.4 is 0 Å². The molecule has 0 saturated carbocycles. The van der Waals surface area contributed by atoms with Crippen LogP contribution in [-0.2, 0) is 6.54 Å². The van der Waals surface area contributed by atoms with Crippen molar-refractivity contribution in [1.82, 2.24) is 4.90 Å². The molecule has 2 heteroatoms. The van der Waals surface area contributed by atoms with E-state index in [2.05, 4.69) is 42.7 Å². The maximum absolute atomic E-state index is 5.73. The Morgan fingerprint density at radius 2 is 2.00 bits per heavy atom. The highest BCUT2D eigenvalue weighted by Gasteiger charge is 2.04. The quantitative estimate of drug-likeness (QED) is 0.529. The number of likely N-dealkylation sites (N-methyl/N-ethyl adjacent to an activating group) is 1. The summed E-state index contributed by atoms with van der Waals surface area (Å²) in [6.07, 6.45) is 0. The van der Waals surface area contributed by atoms with E-state index in [0.717, 1.165) is 25.2 Å². The van der Waals surface area contributed by atoms with Gasteiger partial charge in [-0.2, -0.15) is 0 Å². The number of hydrogen-bond donors (Lipinski definition) is 0. The fourth-order valence-electron chi connectivity index (χ4n) is 1.48. The summed E-state index contributed by atoms with van der Waals surface area (Å²) < 4.78 is 0. The van der Waals surface area contributed by atoms with Crippen molar-refractivity contribution in [2.45, 2.75) is 13.5 Å². The van der Waals surface area contributed by atoms with Crippen molar-refractivity contribution in [1.29, 1.82) is 0 Å². The molecule has 0 amide bonds. The molecule has 0 bridgehead atoms. The van der Waals surface area contributed by atoms with Gasteiger partial charge >= 0.3 is 0 Å². The molecule has 1 nitrogen and oxygen atoms in total. The lowest BCUT2D eigenvalue weighted by molar-refractivity contribution is 0.305. The molecule has 0 aromatic heterocycles. The van der Waals surface area contributed by atoms with Gasteiger partial charge in [-0.05, 0) is 17.7 Å². The van der Waals surface area contributed by atoms with Crippen LogP contribution >= 0.6 is 11.6 Å². The molecule has 1 aromatic carbocycles. The summed E-state index contributed by atoms with van der Waals surface area (Å²) in [7, 11) is 0. The Morgan fingerprint density at radius 1 is 1.33 bits per heavy atom. The summed E-state index contributed by atoms with van der Waals surface area (Å²) in [5.41, 5.74) is 2.41. The second-order valence-electron chi connectivity index (χ2n) is 3.67. The van der Waals surface area contributed by atoms with E-state index in [1.54, 1.807) is 0 Å². The third kappa shape index (κ3) is 4.50. The minimum Gasteiger partial charge on any atom is -0.295 e. The smallest absolute Gasteiger partial charge is 0.0443 e. The van der Waals surface area contributed by atoms with Crippen molar-refractivity contribution in [3.8, 4) is 0 Å². The average molecular weight is 224 g/mol. The van der Waals surface area contributed by atoms with Crippen LogP contribution in [0.2, 0.25) is 0 Å². The van der Waals surface area contributed by atoms with Crippen molar-refractivity contribution in [2.75, 3.05) is 19.0 Å². The molecular formula is C13H18ClN. The number of alkyl halides is 1. The Kier molecular flexibility index (Phi) is 5.44. The third-order valence-corrected chi connectivity index (χ3v) is 2.71. The Labute approximate surface area is 97.4 Å². The summed E-state index contributed by atoms with van der Waals surface area (Å²) in [5, 5.41) is 0. The monoisotopic (exact) mass is 223 g/mol. The predicted molar refractivity (Wildman–Crippen MR) is 67.3 cm³/mol. The van der Waals surface area contributed by atoms with E-state index in [1.807, 2.05) is 6.07 Å². The van der Waals surface area contributed by atoms with Gasteiger partial charge in [0.25, 0.3) is 0 Å². The summed E-state index contributed by atoms with van der Waals surface area (Å²) in [6.45, 7) is 8.95. The molecule has 0 aliphatic rings. The second kappa shape index (κ2) is 6.65. The van der Waals surface area contributed by atoms with Crippen molar-refractivity contribution in [3.05, 3.63) is 48.0 Å². The van der Waals surface area contributed by atoms with Gasteiger partial charge < -0.3 is 0 Å². The minimum absolute atomic E-state index is 0.547. The molecule has 0 heterocycles. The molecule has 0 aliphatic carbocycles. The number of nitrogens with zero attached hydrogens (tertiary/aromatic N) is 1. The standard InChI is InChI=1S/C13H18ClN/c1-3-15(10-12(2)9-14)11-13-7-5-4-6-8-13/h4-8H,2-3,9-11H2,1H3. The van der Waals surface area contributed by atoms with Gasteiger partial charge in [0, 0.05) is 19.0 Å². The van der Waals surface area contributed by atoms with Gasteiger partial charge in [0.15, 0.2) is 0 Å². The zero-order valence-electron chi connectivity index (χ0n) is 9.25. The predicted octanol–water partition coefficient (Wildman–Crippen LogP) is 3.30. The van der Waals surface area contributed by atoms with E-state index in [1.165, 1.54) is 5.56 Å². The van der Waals surface area contributed by atoms with Gasteiger partial charge in [-0.3, -0.25) is 4.90 Å². The highest BCUT2D eigenvalue weighted by Crippen LogP contribution is 2.06. The Balaban J connectivity index is 2.50. The molecule has 82 valence electrons. The fourth-order valence-corrected chi connectivity index (χ4v) is 1.56. The molecule has 1 rings (SSSR count). The topological polar surface area (TPSA) is 3.24 Å². The van der Waals surface area contributed by atoms with E-state index >= 15 is 0 Å². The van der Waals surface area contributed by atoms with E-state index in [9.17, 15) is 0 Å². The zero-order chi connectivity index (χ0) is 11.1. The van der Waals surface area contributed by atoms with Crippen LogP contribution in [0.4, 0.5) is 0 Å². The van der Waals surface area contributed by atoms with Crippen LogP contribution in [0, 0.1) is 0 Å². The summed E-state index contributed by atoms with van der Waals surface area (Å²) in [4.78, 5) is 2.33. The van der Waals surface area contributed by atoms with E-state index in [0.29, 0.717) is 5.88 Å². The van der Waals surface area contributed by atoms with E-state index in [4.69, 9.17) is 11.6 Å². The molecule has 0 radical (unpaired) electrons. The Morgan fingerprint density at radius 3 is 2.53 bits per heavy atom. The van der Waals surface area contributed by atoms with Crippen molar-refractivity contribution in [2.24, 2.45) is 0 Å². The minimum atomic E-state index is 0.547. The highest BCUT2D eigenvalue weighted by atomic mass is 35.5. The fraction of sp³-hybridized carbons (Fsp3) is 0.385. The van der Waals surface area contributed by atoms with E-state index < -0.39 is 0 Å². The van der Waals surface area contributed by atoms with Gasteiger partial charge in [0.1, 0.15) is 0 Å². The van der Waals surface area contributed by atoms with Gasteiger partial charge in [-0.25, -0.2) is 0 Å².